The summed E-state index contributed by atoms with van der Waals surface area (Å²) in [6.45, 7) is 6.72. The molecule has 0 saturated heterocycles. The minimum Gasteiger partial charge on any atom is -0.309 e. The maximum absolute atomic E-state index is 12.2. The van der Waals surface area contributed by atoms with Gasteiger partial charge in [0.2, 0.25) is 0 Å². The molecule has 17 heavy (non-hydrogen) atoms. The standard InChI is InChI=1S/C12H24IO3P/c1-4-7-8-9-12(13)10-11-17(14,15-5-2)16-6-3/h10H,4-9,11H2,1-3H3/b12-10+. The van der Waals surface area contributed by atoms with Crippen molar-refractivity contribution >= 4 is 30.2 Å². The number of allylic oxidation sites excluding steroid dienone is 2. The van der Waals surface area contributed by atoms with Crippen LogP contribution < -0.4 is 0 Å². The molecule has 0 unspecified atom stereocenters. The average molecular weight is 374 g/mol. The highest BCUT2D eigenvalue weighted by atomic mass is 127. The van der Waals surface area contributed by atoms with Crippen molar-refractivity contribution in [2.75, 3.05) is 19.4 Å². The lowest BCUT2D eigenvalue weighted by molar-refractivity contribution is 0.222. The van der Waals surface area contributed by atoms with E-state index in [4.69, 9.17) is 9.05 Å². The third kappa shape index (κ3) is 9.23. The van der Waals surface area contributed by atoms with Crippen molar-refractivity contribution in [3.63, 3.8) is 0 Å². The van der Waals surface area contributed by atoms with E-state index in [-0.39, 0.29) is 0 Å². The molecule has 0 aliphatic carbocycles. The van der Waals surface area contributed by atoms with Gasteiger partial charge in [-0.1, -0.05) is 25.8 Å². The van der Waals surface area contributed by atoms with Gasteiger partial charge in [0.05, 0.1) is 19.4 Å². The van der Waals surface area contributed by atoms with Crippen LogP contribution in [0, 0.1) is 0 Å². The van der Waals surface area contributed by atoms with Gasteiger partial charge in [0.25, 0.3) is 0 Å². The van der Waals surface area contributed by atoms with Crippen LogP contribution in [0.4, 0.5) is 0 Å². The van der Waals surface area contributed by atoms with E-state index in [0.717, 1.165) is 6.42 Å². The van der Waals surface area contributed by atoms with Crippen LogP contribution >= 0.6 is 30.2 Å². The molecule has 102 valence electrons. The topological polar surface area (TPSA) is 35.5 Å². The highest BCUT2D eigenvalue weighted by Crippen LogP contribution is 2.48. The first-order valence-corrected chi connectivity index (χ1v) is 9.11. The predicted molar refractivity (Wildman–Crippen MR) is 82.0 cm³/mol. The highest BCUT2D eigenvalue weighted by Gasteiger charge is 2.21. The molecular weight excluding hydrogens is 350 g/mol. The van der Waals surface area contributed by atoms with Crippen molar-refractivity contribution in [2.45, 2.75) is 46.5 Å². The molecule has 0 rings (SSSR count). The van der Waals surface area contributed by atoms with Crippen LogP contribution in [0.3, 0.4) is 0 Å². The third-order valence-corrected chi connectivity index (χ3v) is 5.12. The molecule has 0 heterocycles. The van der Waals surface area contributed by atoms with Crippen LogP contribution in [0.25, 0.3) is 0 Å². The molecule has 0 atom stereocenters. The van der Waals surface area contributed by atoms with Gasteiger partial charge >= 0.3 is 7.60 Å². The average Bonchev–Trinajstić information content (AvgIpc) is 2.28. The zero-order valence-corrected chi connectivity index (χ0v) is 14.1. The first-order chi connectivity index (χ1) is 8.08. The maximum atomic E-state index is 12.2. The molecule has 0 radical (unpaired) electrons. The summed E-state index contributed by atoms with van der Waals surface area (Å²) in [5, 5.41) is 0. The monoisotopic (exact) mass is 374 g/mol. The van der Waals surface area contributed by atoms with E-state index >= 15 is 0 Å². The number of halogens is 1. The Hall–Kier alpha value is 0.620. The van der Waals surface area contributed by atoms with E-state index in [9.17, 15) is 4.57 Å². The van der Waals surface area contributed by atoms with Gasteiger partial charge in [0, 0.05) is 0 Å². The Morgan fingerprint density at radius 1 is 1.18 bits per heavy atom. The maximum Gasteiger partial charge on any atom is 0.334 e. The molecule has 0 bridgehead atoms. The van der Waals surface area contributed by atoms with Crippen LogP contribution in [0.5, 0.6) is 0 Å². The molecule has 3 nitrogen and oxygen atoms in total. The van der Waals surface area contributed by atoms with Gasteiger partial charge in [-0.3, -0.25) is 4.57 Å². The molecule has 0 aromatic heterocycles. The van der Waals surface area contributed by atoms with Gasteiger partial charge in [-0.25, -0.2) is 0 Å². The summed E-state index contributed by atoms with van der Waals surface area (Å²) in [4.78, 5) is 0. The summed E-state index contributed by atoms with van der Waals surface area (Å²) in [5.74, 6) is 0. The Bertz CT molecular complexity index is 256. The Kier molecular flexibility index (Phi) is 10.9. The Morgan fingerprint density at radius 2 is 1.76 bits per heavy atom. The van der Waals surface area contributed by atoms with Crippen LogP contribution in [0.1, 0.15) is 46.5 Å². The minimum absolute atomic E-state index is 0.388. The van der Waals surface area contributed by atoms with Crippen molar-refractivity contribution in [1.82, 2.24) is 0 Å². The zero-order valence-electron chi connectivity index (χ0n) is 11.1. The summed E-state index contributed by atoms with van der Waals surface area (Å²) < 4.78 is 23.9. The summed E-state index contributed by atoms with van der Waals surface area (Å²) >= 11 is 2.31. The predicted octanol–water partition coefficient (Wildman–Crippen LogP) is 5.15. The lowest BCUT2D eigenvalue weighted by Gasteiger charge is -2.15. The fourth-order valence-electron chi connectivity index (χ4n) is 1.39. The molecule has 0 amide bonds. The number of rotatable bonds is 10. The van der Waals surface area contributed by atoms with Crippen LogP contribution in [0.15, 0.2) is 9.66 Å². The third-order valence-electron chi connectivity index (χ3n) is 2.21. The highest BCUT2D eigenvalue weighted by molar-refractivity contribution is 14.1. The quantitative estimate of drug-likeness (QED) is 0.301. The SMILES string of the molecule is CCCCC/C(I)=C\CP(=O)(OCC)OCC. The van der Waals surface area contributed by atoms with Gasteiger partial charge in [-0.2, -0.15) is 0 Å². The lowest BCUT2D eigenvalue weighted by atomic mass is 10.2. The molecule has 0 aliphatic heterocycles. The fraction of sp³-hybridized carbons (Fsp3) is 0.833. The Balaban J connectivity index is 4.17. The van der Waals surface area contributed by atoms with Crippen molar-refractivity contribution in [1.29, 1.82) is 0 Å². The minimum atomic E-state index is -2.89. The van der Waals surface area contributed by atoms with Gasteiger partial charge < -0.3 is 9.05 Å². The van der Waals surface area contributed by atoms with E-state index in [2.05, 4.69) is 29.5 Å². The van der Waals surface area contributed by atoms with Crippen LogP contribution in [0.2, 0.25) is 0 Å². The van der Waals surface area contributed by atoms with E-state index < -0.39 is 7.60 Å². The van der Waals surface area contributed by atoms with E-state index in [1.165, 1.54) is 22.8 Å². The molecular formula is C12H24IO3P. The molecule has 0 N–H and O–H groups in total. The second kappa shape index (κ2) is 10.5. The summed E-state index contributed by atoms with van der Waals surface area (Å²) in [6, 6.07) is 0. The van der Waals surface area contributed by atoms with Crippen molar-refractivity contribution in [3.05, 3.63) is 9.66 Å². The molecule has 0 aliphatic rings. The molecule has 0 spiro atoms. The van der Waals surface area contributed by atoms with Crippen molar-refractivity contribution in [3.8, 4) is 0 Å². The zero-order chi connectivity index (χ0) is 13.1. The van der Waals surface area contributed by atoms with Gasteiger partial charge in [0.15, 0.2) is 0 Å². The molecule has 0 fully saturated rings. The van der Waals surface area contributed by atoms with E-state index in [0.29, 0.717) is 19.4 Å². The largest absolute Gasteiger partial charge is 0.334 e. The molecule has 0 aromatic rings. The Labute approximate surface area is 119 Å². The van der Waals surface area contributed by atoms with E-state index in [1.807, 2.05) is 19.9 Å². The Morgan fingerprint density at radius 3 is 2.24 bits per heavy atom. The van der Waals surface area contributed by atoms with Gasteiger partial charge in [-0.05, 0) is 52.9 Å². The second-order valence-electron chi connectivity index (χ2n) is 3.74. The van der Waals surface area contributed by atoms with E-state index in [1.54, 1.807) is 0 Å². The summed E-state index contributed by atoms with van der Waals surface area (Å²) in [6.07, 6.45) is 7.10. The number of hydrogen-bond acceptors (Lipinski definition) is 3. The second-order valence-corrected chi connectivity index (χ2v) is 7.23. The number of unbranched alkanes of at least 4 members (excludes halogenated alkanes) is 2. The fourth-order valence-corrected chi connectivity index (χ4v) is 3.86. The molecule has 0 aromatic carbocycles. The molecule has 0 saturated carbocycles. The summed E-state index contributed by atoms with van der Waals surface area (Å²) in [7, 11) is -2.89. The molecule has 5 heteroatoms. The van der Waals surface area contributed by atoms with Crippen LogP contribution in [-0.2, 0) is 13.6 Å². The summed E-state index contributed by atoms with van der Waals surface area (Å²) in [5.41, 5.74) is 0. The van der Waals surface area contributed by atoms with Gasteiger partial charge in [0.1, 0.15) is 0 Å². The number of hydrogen-bond donors (Lipinski definition) is 0. The first-order valence-electron chi connectivity index (χ1n) is 6.30. The lowest BCUT2D eigenvalue weighted by Crippen LogP contribution is -1.98. The normalized spacial score (nSPS) is 13.1. The van der Waals surface area contributed by atoms with Gasteiger partial charge in [-0.15, -0.1) is 0 Å². The van der Waals surface area contributed by atoms with Crippen molar-refractivity contribution < 1.29 is 13.6 Å². The smallest absolute Gasteiger partial charge is 0.309 e. The van der Waals surface area contributed by atoms with Crippen molar-refractivity contribution in [2.24, 2.45) is 0 Å². The van der Waals surface area contributed by atoms with Crippen LogP contribution in [-0.4, -0.2) is 19.4 Å². The first kappa shape index (κ1) is 17.6.